The zero-order valence-corrected chi connectivity index (χ0v) is 15.9. The van der Waals surface area contributed by atoms with E-state index in [1.165, 1.54) is 23.5 Å². The second kappa shape index (κ2) is 7.40. The molecule has 4 rings (SSSR count). The van der Waals surface area contributed by atoms with Gasteiger partial charge in [-0.25, -0.2) is 4.79 Å². The summed E-state index contributed by atoms with van der Waals surface area (Å²) in [5.74, 6) is -1.72. The summed E-state index contributed by atoms with van der Waals surface area (Å²) in [4.78, 5) is 36.3. The number of nitrogens with one attached hydrogen (secondary N) is 1. The fourth-order valence-corrected chi connectivity index (χ4v) is 4.07. The van der Waals surface area contributed by atoms with Gasteiger partial charge in [-0.3, -0.25) is 9.59 Å². The lowest BCUT2D eigenvalue weighted by Crippen LogP contribution is -2.33. The van der Waals surface area contributed by atoms with E-state index in [0.717, 1.165) is 26.4 Å². The van der Waals surface area contributed by atoms with Crippen LogP contribution in [0.1, 0.15) is 26.3 Å². The van der Waals surface area contributed by atoms with Crippen molar-refractivity contribution in [3.63, 3.8) is 0 Å². The lowest BCUT2D eigenvalue weighted by molar-refractivity contribution is -0.117. The van der Waals surface area contributed by atoms with Gasteiger partial charge in [-0.2, -0.15) is 0 Å². The van der Waals surface area contributed by atoms with E-state index in [4.69, 9.17) is 10.5 Å². The number of carbonyl (C=O) groups is 3. The summed E-state index contributed by atoms with van der Waals surface area (Å²) in [6.45, 7) is -0.0148. The number of fused-ring (bicyclic) bond motifs is 1. The van der Waals surface area contributed by atoms with Gasteiger partial charge in [0.2, 0.25) is 5.91 Å². The average Bonchev–Trinajstić information content (AvgIpc) is 3.33. The van der Waals surface area contributed by atoms with E-state index in [0.29, 0.717) is 5.56 Å². The van der Waals surface area contributed by atoms with Crippen molar-refractivity contribution in [1.29, 1.82) is 0 Å². The second-order valence-electron chi connectivity index (χ2n) is 6.49. The maximum absolute atomic E-state index is 12.0. The molecule has 8 heteroatoms. The summed E-state index contributed by atoms with van der Waals surface area (Å²) >= 11 is 1.52. The van der Waals surface area contributed by atoms with Crippen LogP contribution >= 0.6 is 11.3 Å². The Morgan fingerprint density at radius 2 is 1.76 bits per heavy atom. The maximum Gasteiger partial charge on any atom is 0.338 e. The van der Waals surface area contributed by atoms with Crippen LogP contribution in [-0.4, -0.2) is 29.4 Å². The lowest BCUT2D eigenvalue weighted by Gasteiger charge is -2.07. The van der Waals surface area contributed by atoms with Crippen molar-refractivity contribution in [2.75, 3.05) is 6.54 Å². The first-order valence-electron chi connectivity index (χ1n) is 8.72. The van der Waals surface area contributed by atoms with Crippen LogP contribution in [-0.2, 0) is 16.1 Å². The van der Waals surface area contributed by atoms with E-state index in [9.17, 15) is 19.5 Å². The van der Waals surface area contributed by atoms with Crippen molar-refractivity contribution < 1.29 is 24.2 Å². The molecule has 0 aliphatic carbocycles. The SMILES string of the molecule is NC(=O)CNC(=O)c1ccc(-c2ccc(-c3ccc4c(c3)COC4=O)s2)cc1O. The Labute approximate surface area is 169 Å². The normalized spacial score (nSPS) is 12.3. The molecule has 3 aromatic rings. The summed E-state index contributed by atoms with van der Waals surface area (Å²) in [6, 6.07) is 14.2. The topological polar surface area (TPSA) is 119 Å². The number of nitrogens with two attached hydrogens (primary N) is 1. The Morgan fingerprint density at radius 3 is 2.45 bits per heavy atom. The number of phenolic OH excluding ortho intramolecular Hbond substituents is 1. The smallest absolute Gasteiger partial charge is 0.338 e. The molecule has 1 aromatic heterocycles. The molecule has 7 nitrogen and oxygen atoms in total. The van der Waals surface area contributed by atoms with E-state index >= 15 is 0 Å². The Hall–Kier alpha value is -3.65. The number of cyclic esters (lactones) is 1. The Bertz CT molecular complexity index is 1150. The molecule has 0 unspecified atom stereocenters. The van der Waals surface area contributed by atoms with Crippen LogP contribution in [0.4, 0.5) is 0 Å². The minimum atomic E-state index is -0.664. The number of amides is 2. The molecular formula is C21H16N2O5S. The van der Waals surface area contributed by atoms with Crippen LogP contribution in [0.25, 0.3) is 20.9 Å². The van der Waals surface area contributed by atoms with Gasteiger partial charge in [0, 0.05) is 15.3 Å². The molecule has 1 aliphatic rings. The highest BCUT2D eigenvalue weighted by Crippen LogP contribution is 2.37. The highest BCUT2D eigenvalue weighted by Gasteiger charge is 2.21. The minimum Gasteiger partial charge on any atom is -0.507 e. The van der Waals surface area contributed by atoms with E-state index in [1.807, 2.05) is 24.3 Å². The molecule has 0 spiro atoms. The molecule has 2 amide bonds. The molecule has 0 fully saturated rings. The first-order chi connectivity index (χ1) is 13.9. The van der Waals surface area contributed by atoms with E-state index in [2.05, 4.69) is 5.32 Å². The van der Waals surface area contributed by atoms with E-state index in [-0.39, 0.29) is 30.4 Å². The number of carbonyl (C=O) groups excluding carboxylic acids is 3. The Kier molecular flexibility index (Phi) is 4.77. The first-order valence-corrected chi connectivity index (χ1v) is 9.54. The van der Waals surface area contributed by atoms with Crippen molar-refractivity contribution in [1.82, 2.24) is 5.32 Å². The van der Waals surface area contributed by atoms with Gasteiger partial charge in [-0.1, -0.05) is 12.1 Å². The number of benzene rings is 2. The van der Waals surface area contributed by atoms with Crippen LogP contribution in [0.2, 0.25) is 0 Å². The van der Waals surface area contributed by atoms with Crippen molar-refractivity contribution in [2.45, 2.75) is 6.61 Å². The maximum atomic E-state index is 12.0. The minimum absolute atomic E-state index is 0.0649. The van der Waals surface area contributed by atoms with Gasteiger partial charge in [-0.05, 0) is 47.5 Å². The van der Waals surface area contributed by atoms with Crippen LogP contribution in [0, 0.1) is 0 Å². The number of hydrogen-bond acceptors (Lipinski definition) is 6. The molecule has 4 N–H and O–H groups in total. The molecule has 2 aromatic carbocycles. The van der Waals surface area contributed by atoms with Crippen LogP contribution in [0.15, 0.2) is 48.5 Å². The average molecular weight is 408 g/mol. The number of rotatable bonds is 5. The highest BCUT2D eigenvalue weighted by atomic mass is 32.1. The number of thiophene rings is 1. The van der Waals surface area contributed by atoms with E-state index < -0.39 is 11.8 Å². The number of primary amides is 1. The predicted molar refractivity (Wildman–Crippen MR) is 108 cm³/mol. The molecule has 0 bridgehead atoms. The first kappa shape index (κ1) is 18.7. The molecule has 2 heterocycles. The summed E-state index contributed by atoms with van der Waals surface area (Å²) in [6.07, 6.45) is 0. The quantitative estimate of drug-likeness (QED) is 0.561. The van der Waals surface area contributed by atoms with Gasteiger partial charge in [0.15, 0.2) is 0 Å². The molecular weight excluding hydrogens is 392 g/mol. The number of aromatic hydroxyl groups is 1. The van der Waals surface area contributed by atoms with Gasteiger partial charge in [0.25, 0.3) is 5.91 Å². The Morgan fingerprint density at radius 1 is 1.07 bits per heavy atom. The Balaban J connectivity index is 1.57. The van der Waals surface area contributed by atoms with Crippen molar-refractivity contribution in [3.8, 4) is 26.6 Å². The van der Waals surface area contributed by atoms with E-state index in [1.54, 1.807) is 12.1 Å². The van der Waals surface area contributed by atoms with Gasteiger partial charge < -0.3 is 20.9 Å². The zero-order chi connectivity index (χ0) is 20.5. The molecule has 29 heavy (non-hydrogen) atoms. The summed E-state index contributed by atoms with van der Waals surface area (Å²) in [7, 11) is 0. The van der Waals surface area contributed by atoms with Crippen LogP contribution in [0.3, 0.4) is 0 Å². The highest BCUT2D eigenvalue weighted by molar-refractivity contribution is 7.18. The summed E-state index contributed by atoms with van der Waals surface area (Å²) in [5.41, 5.74) is 8.27. The largest absolute Gasteiger partial charge is 0.507 e. The fourth-order valence-electron chi connectivity index (χ4n) is 3.07. The number of phenols is 1. The van der Waals surface area contributed by atoms with Crippen LogP contribution in [0.5, 0.6) is 5.75 Å². The molecule has 0 radical (unpaired) electrons. The standard InChI is InChI=1S/C21H16N2O5S/c22-19(25)9-23-20(26)15-4-2-12(8-16(15)24)18-6-5-17(29-18)11-1-3-14-13(7-11)10-28-21(14)27/h1-8,24H,9-10H2,(H2,22,25)(H,23,26). The molecule has 0 saturated heterocycles. The molecule has 1 aliphatic heterocycles. The third kappa shape index (κ3) is 3.70. The number of hydrogen-bond donors (Lipinski definition) is 3. The van der Waals surface area contributed by atoms with Crippen molar-refractivity contribution in [3.05, 3.63) is 65.2 Å². The van der Waals surface area contributed by atoms with Gasteiger partial charge in [-0.15, -0.1) is 11.3 Å². The monoisotopic (exact) mass is 408 g/mol. The van der Waals surface area contributed by atoms with Crippen LogP contribution < -0.4 is 11.1 Å². The van der Waals surface area contributed by atoms with Gasteiger partial charge >= 0.3 is 5.97 Å². The molecule has 146 valence electrons. The number of ether oxygens (including phenoxy) is 1. The molecule has 0 atom stereocenters. The van der Waals surface area contributed by atoms with Gasteiger partial charge in [0.05, 0.1) is 17.7 Å². The predicted octanol–water partition coefficient (Wildman–Crippen LogP) is 2.67. The summed E-state index contributed by atoms with van der Waals surface area (Å²) in [5, 5.41) is 12.6. The third-order valence-electron chi connectivity index (χ3n) is 4.52. The fraction of sp³-hybridized carbons (Fsp3) is 0.0952. The van der Waals surface area contributed by atoms with Gasteiger partial charge in [0.1, 0.15) is 12.4 Å². The number of esters is 1. The third-order valence-corrected chi connectivity index (χ3v) is 5.71. The lowest BCUT2D eigenvalue weighted by atomic mass is 10.1. The molecule has 0 saturated carbocycles. The van der Waals surface area contributed by atoms with Crippen molar-refractivity contribution >= 4 is 29.1 Å². The second-order valence-corrected chi connectivity index (χ2v) is 7.58. The zero-order valence-electron chi connectivity index (χ0n) is 15.1. The summed E-state index contributed by atoms with van der Waals surface area (Å²) < 4.78 is 5.04. The van der Waals surface area contributed by atoms with Crippen molar-refractivity contribution in [2.24, 2.45) is 5.73 Å².